The van der Waals surface area contributed by atoms with Crippen molar-refractivity contribution in [3.05, 3.63) is 59.7 Å². The maximum absolute atomic E-state index is 12.9. The molecule has 0 spiro atoms. The average molecular weight is 451 g/mol. The van der Waals surface area contributed by atoms with Crippen LogP contribution in [0.25, 0.3) is 11.1 Å². The third-order valence-corrected chi connectivity index (χ3v) is 6.64. The summed E-state index contributed by atoms with van der Waals surface area (Å²) < 4.78 is 5.59. The molecule has 174 valence electrons. The first-order valence-corrected chi connectivity index (χ1v) is 11.5. The number of benzene rings is 2. The van der Waals surface area contributed by atoms with E-state index in [9.17, 15) is 19.5 Å². The molecular weight excluding hydrogens is 420 g/mol. The van der Waals surface area contributed by atoms with Gasteiger partial charge in [0.2, 0.25) is 5.91 Å². The number of carbonyl (C=O) groups is 3. The van der Waals surface area contributed by atoms with E-state index in [1.807, 2.05) is 50.2 Å². The quantitative estimate of drug-likeness (QED) is 0.563. The molecule has 1 saturated carbocycles. The molecule has 2 amide bonds. The maximum Gasteiger partial charge on any atom is 0.408 e. The molecule has 0 unspecified atom stereocenters. The zero-order valence-electron chi connectivity index (χ0n) is 19.0. The second kappa shape index (κ2) is 9.25. The van der Waals surface area contributed by atoms with Crippen LogP contribution >= 0.6 is 0 Å². The highest BCUT2D eigenvalue weighted by Gasteiger charge is 2.47. The predicted octanol–water partition coefficient (Wildman–Crippen LogP) is 4.06. The first kappa shape index (κ1) is 22.8. The molecule has 4 rings (SSSR count). The number of nitrogens with one attached hydrogen (secondary N) is 2. The second-order valence-corrected chi connectivity index (χ2v) is 9.38. The lowest BCUT2D eigenvalue weighted by Gasteiger charge is -2.41. The predicted molar refractivity (Wildman–Crippen MR) is 124 cm³/mol. The summed E-state index contributed by atoms with van der Waals surface area (Å²) in [6.07, 6.45) is 1.34. The molecule has 0 radical (unpaired) electrons. The summed E-state index contributed by atoms with van der Waals surface area (Å²) in [6.45, 7) is 3.95. The van der Waals surface area contributed by atoms with Crippen LogP contribution in [0.4, 0.5) is 4.79 Å². The van der Waals surface area contributed by atoms with E-state index in [4.69, 9.17) is 4.74 Å². The number of hydrogen-bond acceptors (Lipinski definition) is 4. The minimum atomic E-state index is -1.12. The zero-order chi connectivity index (χ0) is 23.6. The Bertz CT molecular complexity index is 1010. The van der Waals surface area contributed by atoms with Crippen LogP contribution in [-0.2, 0) is 14.3 Å². The van der Waals surface area contributed by atoms with Gasteiger partial charge in [-0.3, -0.25) is 4.79 Å². The molecule has 7 nitrogen and oxygen atoms in total. The number of hydrogen-bond donors (Lipinski definition) is 3. The standard InChI is InChI=1S/C26H30N2O5/c1-16(2)14-22(23(29)30)27-24(31)26(12-7-13-26)28-25(32)33-15-21-19-10-5-3-8-17(19)18-9-4-6-11-20(18)21/h3-6,8-11,16,21-22H,7,12-15H2,1-2H3,(H,27,31)(H,28,32)(H,29,30)/t22-/m0/s1. The maximum atomic E-state index is 12.9. The van der Waals surface area contributed by atoms with Gasteiger partial charge in [-0.15, -0.1) is 0 Å². The molecule has 2 aliphatic carbocycles. The Labute approximate surface area is 193 Å². The number of carboxylic acids is 1. The molecule has 33 heavy (non-hydrogen) atoms. The highest BCUT2D eigenvalue weighted by Crippen LogP contribution is 2.44. The molecule has 3 N–H and O–H groups in total. The Morgan fingerprint density at radius 1 is 1.03 bits per heavy atom. The van der Waals surface area contributed by atoms with Gasteiger partial charge in [0.25, 0.3) is 0 Å². The molecule has 1 fully saturated rings. The molecule has 0 saturated heterocycles. The number of amides is 2. The minimum Gasteiger partial charge on any atom is -0.480 e. The van der Waals surface area contributed by atoms with Gasteiger partial charge < -0.3 is 20.5 Å². The van der Waals surface area contributed by atoms with Crippen LogP contribution in [0, 0.1) is 5.92 Å². The monoisotopic (exact) mass is 450 g/mol. The van der Waals surface area contributed by atoms with E-state index < -0.39 is 29.6 Å². The van der Waals surface area contributed by atoms with Crippen molar-refractivity contribution >= 4 is 18.0 Å². The third kappa shape index (κ3) is 4.58. The Morgan fingerprint density at radius 2 is 1.61 bits per heavy atom. The first-order chi connectivity index (χ1) is 15.8. The van der Waals surface area contributed by atoms with Gasteiger partial charge in [0.1, 0.15) is 18.2 Å². The lowest BCUT2D eigenvalue weighted by Crippen LogP contribution is -2.64. The lowest BCUT2D eigenvalue weighted by atomic mass is 9.76. The summed E-state index contributed by atoms with van der Waals surface area (Å²) in [5.41, 5.74) is 3.39. The number of carbonyl (C=O) groups excluding carboxylic acids is 2. The summed E-state index contributed by atoms with van der Waals surface area (Å²) >= 11 is 0. The first-order valence-electron chi connectivity index (χ1n) is 11.5. The van der Waals surface area contributed by atoms with Crippen molar-refractivity contribution in [1.29, 1.82) is 0 Å². The molecule has 2 aromatic rings. The van der Waals surface area contributed by atoms with Gasteiger partial charge in [-0.1, -0.05) is 62.4 Å². The lowest BCUT2D eigenvalue weighted by molar-refractivity contribution is -0.144. The van der Waals surface area contributed by atoms with Crippen LogP contribution in [0.5, 0.6) is 0 Å². The Morgan fingerprint density at radius 3 is 2.09 bits per heavy atom. The van der Waals surface area contributed by atoms with E-state index in [0.717, 1.165) is 28.7 Å². The second-order valence-electron chi connectivity index (χ2n) is 9.38. The van der Waals surface area contributed by atoms with Gasteiger partial charge in [-0.2, -0.15) is 0 Å². The Kier molecular flexibility index (Phi) is 6.40. The van der Waals surface area contributed by atoms with E-state index in [1.54, 1.807) is 0 Å². The number of alkyl carbamates (subject to hydrolysis) is 1. The van der Waals surface area contributed by atoms with Crippen molar-refractivity contribution in [2.75, 3.05) is 6.61 Å². The number of fused-ring (bicyclic) bond motifs is 3. The summed E-state index contributed by atoms with van der Waals surface area (Å²) in [6, 6.07) is 15.2. The fourth-order valence-electron chi connectivity index (χ4n) is 4.76. The fraction of sp³-hybridized carbons (Fsp3) is 0.423. The van der Waals surface area contributed by atoms with E-state index in [2.05, 4.69) is 22.8 Å². The van der Waals surface area contributed by atoms with E-state index in [1.165, 1.54) is 0 Å². The van der Waals surface area contributed by atoms with Gasteiger partial charge in [-0.05, 0) is 53.9 Å². The average Bonchev–Trinajstić information content (AvgIpc) is 3.07. The van der Waals surface area contributed by atoms with Crippen LogP contribution < -0.4 is 10.6 Å². The Balaban J connectivity index is 1.41. The van der Waals surface area contributed by atoms with Crippen LogP contribution in [0.1, 0.15) is 56.6 Å². The summed E-state index contributed by atoms with van der Waals surface area (Å²) in [5, 5.41) is 14.8. The van der Waals surface area contributed by atoms with E-state index in [0.29, 0.717) is 19.3 Å². The molecule has 2 aliphatic rings. The van der Waals surface area contributed by atoms with Gasteiger partial charge in [-0.25, -0.2) is 9.59 Å². The van der Waals surface area contributed by atoms with Crippen LogP contribution in [-0.4, -0.2) is 41.3 Å². The van der Waals surface area contributed by atoms with E-state index >= 15 is 0 Å². The Hall–Kier alpha value is -3.35. The van der Waals surface area contributed by atoms with Crippen molar-refractivity contribution in [3.63, 3.8) is 0 Å². The largest absolute Gasteiger partial charge is 0.480 e. The van der Waals surface area contributed by atoms with Crippen molar-refractivity contribution < 1.29 is 24.2 Å². The summed E-state index contributed by atoms with van der Waals surface area (Å²) in [7, 11) is 0. The normalized spacial score (nSPS) is 16.8. The number of aliphatic carboxylic acids is 1. The third-order valence-electron chi connectivity index (χ3n) is 6.64. The molecule has 0 aromatic heterocycles. The topological polar surface area (TPSA) is 105 Å². The van der Waals surface area contributed by atoms with E-state index in [-0.39, 0.29) is 18.4 Å². The summed E-state index contributed by atoms with van der Waals surface area (Å²) in [5.74, 6) is -1.50. The molecule has 0 bridgehead atoms. The number of carboxylic acid groups (broad SMARTS) is 1. The zero-order valence-corrected chi connectivity index (χ0v) is 19.0. The fourth-order valence-corrected chi connectivity index (χ4v) is 4.76. The number of ether oxygens (including phenoxy) is 1. The highest BCUT2D eigenvalue weighted by molar-refractivity contribution is 5.93. The van der Waals surface area contributed by atoms with Gasteiger partial charge in [0, 0.05) is 5.92 Å². The number of rotatable bonds is 8. The summed E-state index contributed by atoms with van der Waals surface area (Å²) in [4.78, 5) is 37.2. The molecule has 1 atom stereocenters. The van der Waals surface area contributed by atoms with Crippen LogP contribution in [0.2, 0.25) is 0 Å². The van der Waals surface area contributed by atoms with Crippen molar-refractivity contribution in [1.82, 2.24) is 10.6 Å². The van der Waals surface area contributed by atoms with Gasteiger partial charge in [0.05, 0.1) is 0 Å². The molecule has 0 heterocycles. The molecular formula is C26H30N2O5. The van der Waals surface area contributed by atoms with Gasteiger partial charge >= 0.3 is 12.1 Å². The molecule has 2 aromatic carbocycles. The molecule has 0 aliphatic heterocycles. The minimum absolute atomic E-state index is 0.0725. The highest BCUT2D eigenvalue weighted by atomic mass is 16.5. The van der Waals surface area contributed by atoms with Crippen LogP contribution in [0.15, 0.2) is 48.5 Å². The van der Waals surface area contributed by atoms with Crippen molar-refractivity contribution in [3.8, 4) is 11.1 Å². The molecule has 7 heteroatoms. The smallest absolute Gasteiger partial charge is 0.408 e. The van der Waals surface area contributed by atoms with Crippen molar-refractivity contribution in [2.24, 2.45) is 5.92 Å². The SMILES string of the molecule is CC(C)C[C@H](NC(=O)C1(NC(=O)OCC2c3ccccc3-c3ccccc32)CCC1)C(=O)O. The van der Waals surface area contributed by atoms with Gasteiger partial charge in [0.15, 0.2) is 0 Å². The van der Waals surface area contributed by atoms with Crippen LogP contribution in [0.3, 0.4) is 0 Å². The van der Waals surface area contributed by atoms with Crippen molar-refractivity contribution in [2.45, 2.75) is 57.0 Å².